The van der Waals surface area contributed by atoms with Crippen molar-refractivity contribution in [3.8, 4) is 11.5 Å². The van der Waals surface area contributed by atoms with Crippen LogP contribution in [0.2, 0.25) is 0 Å². The maximum absolute atomic E-state index is 14.4. The van der Waals surface area contributed by atoms with Crippen LogP contribution in [0.15, 0.2) is 73.1 Å². The Kier molecular flexibility index (Phi) is 8.24. The van der Waals surface area contributed by atoms with Crippen molar-refractivity contribution < 1.29 is 23.1 Å². The molecule has 2 amide bonds. The fourth-order valence-electron chi connectivity index (χ4n) is 2.89. The van der Waals surface area contributed by atoms with Gasteiger partial charge in [0.15, 0.2) is 11.6 Å². The third kappa shape index (κ3) is 7.24. The molecule has 0 spiro atoms. The first kappa shape index (κ1) is 23.6. The number of nitrogens with zero attached hydrogens (tertiary/aromatic N) is 2. The van der Waals surface area contributed by atoms with E-state index in [0.717, 1.165) is 5.56 Å². The lowest BCUT2D eigenvalue weighted by Crippen LogP contribution is -2.39. The fourth-order valence-corrected chi connectivity index (χ4v) is 2.89. The topological polar surface area (TPSA) is 71.5 Å². The molecule has 0 saturated heterocycles. The number of hydrogen-bond acceptors (Lipinski definition) is 4. The molecule has 0 atom stereocenters. The van der Waals surface area contributed by atoms with Crippen molar-refractivity contribution in [1.82, 2.24) is 15.2 Å². The molecule has 1 N–H and O–H groups in total. The van der Waals surface area contributed by atoms with Crippen LogP contribution in [-0.4, -0.2) is 34.8 Å². The van der Waals surface area contributed by atoms with Crippen molar-refractivity contribution in [1.29, 1.82) is 0 Å². The maximum atomic E-state index is 14.4. The van der Waals surface area contributed by atoms with Gasteiger partial charge >= 0.3 is 0 Å². The van der Waals surface area contributed by atoms with Crippen molar-refractivity contribution in [3.63, 3.8) is 0 Å². The van der Waals surface area contributed by atoms with Crippen LogP contribution >= 0.6 is 0 Å². The first-order valence-corrected chi connectivity index (χ1v) is 10.3. The van der Waals surface area contributed by atoms with E-state index >= 15 is 0 Å². The number of rotatable bonds is 9. The summed E-state index contributed by atoms with van der Waals surface area (Å²) < 4.78 is 32.8. The van der Waals surface area contributed by atoms with Gasteiger partial charge in [-0.15, -0.1) is 0 Å². The molecule has 0 radical (unpaired) electrons. The van der Waals surface area contributed by atoms with Crippen LogP contribution in [-0.2, 0) is 16.1 Å². The van der Waals surface area contributed by atoms with Gasteiger partial charge in [-0.05, 0) is 60.5 Å². The second-order valence-corrected chi connectivity index (χ2v) is 7.07. The number of amides is 2. The zero-order valence-corrected chi connectivity index (χ0v) is 18.0. The van der Waals surface area contributed by atoms with Crippen molar-refractivity contribution in [2.75, 3.05) is 13.1 Å². The van der Waals surface area contributed by atoms with Crippen LogP contribution in [0.1, 0.15) is 18.1 Å². The molecule has 33 heavy (non-hydrogen) atoms. The van der Waals surface area contributed by atoms with E-state index in [1.807, 2.05) is 0 Å². The molecule has 1 aromatic heterocycles. The summed E-state index contributed by atoms with van der Waals surface area (Å²) in [4.78, 5) is 29.9. The number of aromatic nitrogens is 1. The highest BCUT2D eigenvalue weighted by Crippen LogP contribution is 2.24. The summed E-state index contributed by atoms with van der Waals surface area (Å²) in [6.45, 7) is 2.17. The van der Waals surface area contributed by atoms with E-state index in [1.165, 1.54) is 47.5 Å². The zero-order chi connectivity index (χ0) is 23.6. The molecule has 0 fully saturated rings. The monoisotopic (exact) mass is 451 g/mol. The number of carbonyl (C=O) groups is 2. The third-order valence-corrected chi connectivity index (χ3v) is 4.67. The largest absolute Gasteiger partial charge is 0.453 e. The van der Waals surface area contributed by atoms with Gasteiger partial charge in [-0.3, -0.25) is 14.6 Å². The lowest BCUT2D eigenvalue weighted by Gasteiger charge is -2.18. The Morgan fingerprint density at radius 3 is 2.58 bits per heavy atom. The number of likely N-dealkylation sites (N-methyl/N-ethyl adjacent to an activating group) is 1. The summed E-state index contributed by atoms with van der Waals surface area (Å²) in [5, 5.41) is 2.70. The quantitative estimate of drug-likeness (QED) is 0.492. The molecule has 0 aliphatic rings. The molecule has 0 aliphatic carbocycles. The van der Waals surface area contributed by atoms with Gasteiger partial charge in [0.25, 0.3) is 0 Å². The number of nitrogens with one attached hydrogen (secondary N) is 1. The number of halogens is 2. The Bertz CT molecular complexity index is 1120. The van der Waals surface area contributed by atoms with Crippen LogP contribution in [0, 0.1) is 11.6 Å². The number of pyridine rings is 1. The van der Waals surface area contributed by atoms with Gasteiger partial charge in [-0.1, -0.05) is 18.2 Å². The Labute approximate surface area is 190 Å². The van der Waals surface area contributed by atoms with Gasteiger partial charge in [-0.2, -0.15) is 0 Å². The second-order valence-electron chi connectivity index (χ2n) is 7.07. The molecule has 6 nitrogen and oxygen atoms in total. The van der Waals surface area contributed by atoms with E-state index < -0.39 is 5.82 Å². The molecule has 3 rings (SSSR count). The zero-order valence-electron chi connectivity index (χ0n) is 18.0. The van der Waals surface area contributed by atoms with Crippen LogP contribution in [0.3, 0.4) is 0 Å². The highest BCUT2D eigenvalue weighted by molar-refractivity contribution is 5.94. The predicted octanol–water partition coefficient (Wildman–Crippen LogP) is 4.33. The molecule has 0 bridgehead atoms. The van der Waals surface area contributed by atoms with Crippen LogP contribution < -0.4 is 10.1 Å². The smallest absolute Gasteiger partial charge is 0.247 e. The molecular formula is C25H23F2N3O3. The van der Waals surface area contributed by atoms with Gasteiger partial charge in [0.2, 0.25) is 11.8 Å². The molecule has 3 aromatic rings. The van der Waals surface area contributed by atoms with E-state index in [0.29, 0.717) is 17.9 Å². The average molecular weight is 451 g/mol. The molecule has 0 saturated carbocycles. The first-order chi connectivity index (χ1) is 15.9. The van der Waals surface area contributed by atoms with E-state index in [1.54, 1.807) is 43.5 Å². The Hall–Kier alpha value is -4.07. The van der Waals surface area contributed by atoms with E-state index in [4.69, 9.17) is 4.74 Å². The Morgan fingerprint density at radius 2 is 1.91 bits per heavy atom. The number of hydrogen-bond donors (Lipinski definition) is 1. The highest BCUT2D eigenvalue weighted by Gasteiger charge is 2.13. The van der Waals surface area contributed by atoms with Crippen molar-refractivity contribution in [2.45, 2.75) is 13.5 Å². The van der Waals surface area contributed by atoms with Gasteiger partial charge in [-0.25, -0.2) is 8.78 Å². The van der Waals surface area contributed by atoms with Crippen LogP contribution in [0.4, 0.5) is 8.78 Å². The molecule has 0 unspecified atom stereocenters. The van der Waals surface area contributed by atoms with Gasteiger partial charge in [0.05, 0.1) is 12.7 Å². The van der Waals surface area contributed by atoms with Crippen LogP contribution in [0.5, 0.6) is 11.5 Å². The minimum absolute atomic E-state index is 0.0412. The maximum Gasteiger partial charge on any atom is 0.247 e. The number of carbonyl (C=O) groups excluding carboxylic acids is 2. The van der Waals surface area contributed by atoms with E-state index in [2.05, 4.69) is 10.3 Å². The van der Waals surface area contributed by atoms with Gasteiger partial charge < -0.3 is 15.0 Å². The standard InChI is InChI=1S/C25H23F2N3O3/c1-2-30(17-24(31)29-15-19-5-9-20(26)10-6-19)25(32)12-8-18-7-11-23(22(27)14-18)33-21-4-3-13-28-16-21/h3-14,16H,2,15,17H2,1H3,(H,29,31)/b12-8+. The van der Waals surface area contributed by atoms with Crippen molar-refractivity contribution >= 4 is 17.9 Å². The molecule has 2 aromatic carbocycles. The number of benzene rings is 2. The fraction of sp³-hybridized carbons (Fsp3) is 0.160. The minimum Gasteiger partial charge on any atom is -0.453 e. The van der Waals surface area contributed by atoms with Crippen LogP contribution in [0.25, 0.3) is 6.08 Å². The minimum atomic E-state index is -0.582. The van der Waals surface area contributed by atoms with Gasteiger partial charge in [0.1, 0.15) is 11.6 Å². The Balaban J connectivity index is 1.54. The highest BCUT2D eigenvalue weighted by atomic mass is 19.1. The molecule has 0 aliphatic heterocycles. The Morgan fingerprint density at radius 1 is 1.12 bits per heavy atom. The molecule has 170 valence electrons. The summed E-state index contributed by atoms with van der Waals surface area (Å²) in [6.07, 6.45) is 5.81. The summed E-state index contributed by atoms with van der Waals surface area (Å²) >= 11 is 0. The third-order valence-electron chi connectivity index (χ3n) is 4.67. The second kappa shape index (κ2) is 11.5. The normalized spacial score (nSPS) is 10.8. The van der Waals surface area contributed by atoms with Gasteiger partial charge in [0, 0.05) is 25.4 Å². The average Bonchev–Trinajstić information content (AvgIpc) is 2.83. The first-order valence-electron chi connectivity index (χ1n) is 10.3. The summed E-state index contributed by atoms with van der Waals surface area (Å²) in [6, 6.07) is 13.5. The summed E-state index contributed by atoms with van der Waals surface area (Å²) in [5.74, 6) is -1.21. The summed E-state index contributed by atoms with van der Waals surface area (Å²) in [7, 11) is 0. The summed E-state index contributed by atoms with van der Waals surface area (Å²) in [5.41, 5.74) is 1.22. The lowest BCUT2D eigenvalue weighted by atomic mass is 10.2. The van der Waals surface area contributed by atoms with Crippen molar-refractivity contribution in [3.05, 3.63) is 95.8 Å². The molecule has 8 heteroatoms. The predicted molar refractivity (Wildman–Crippen MR) is 120 cm³/mol. The number of ether oxygens (including phenoxy) is 1. The lowest BCUT2D eigenvalue weighted by molar-refractivity contribution is -0.132. The molecule has 1 heterocycles. The van der Waals surface area contributed by atoms with Crippen molar-refractivity contribution in [2.24, 2.45) is 0 Å². The molecular weight excluding hydrogens is 428 g/mol. The van der Waals surface area contributed by atoms with E-state index in [-0.39, 0.29) is 36.5 Å². The van der Waals surface area contributed by atoms with E-state index in [9.17, 15) is 18.4 Å². The SMILES string of the molecule is CCN(CC(=O)NCc1ccc(F)cc1)C(=O)/C=C/c1ccc(Oc2cccnc2)c(F)c1.